The van der Waals surface area contributed by atoms with Crippen LogP contribution >= 0.6 is 0 Å². The monoisotopic (exact) mass is 422 g/mol. The molecule has 3 rings (SSSR count). The van der Waals surface area contributed by atoms with Crippen molar-refractivity contribution in [2.24, 2.45) is 0 Å². The molecule has 2 heterocycles. The van der Waals surface area contributed by atoms with Crippen LogP contribution in [0.2, 0.25) is 0 Å². The van der Waals surface area contributed by atoms with Gasteiger partial charge in [0.15, 0.2) is 0 Å². The smallest absolute Gasteiger partial charge is 0.340 e. The van der Waals surface area contributed by atoms with Gasteiger partial charge in [0.1, 0.15) is 5.69 Å². The molecule has 9 heteroatoms. The second-order valence-corrected chi connectivity index (χ2v) is 7.28. The van der Waals surface area contributed by atoms with Crippen molar-refractivity contribution >= 4 is 16.9 Å². The van der Waals surface area contributed by atoms with Crippen LogP contribution in [0.3, 0.4) is 0 Å². The second-order valence-electron chi connectivity index (χ2n) is 7.28. The zero-order valence-corrected chi connectivity index (χ0v) is 16.9. The molecule has 2 aromatic rings. The Morgan fingerprint density at radius 3 is 2.53 bits per heavy atom. The molecule has 0 atom stereocenters. The standard InChI is InChI=1S/C21H25F3N4O2/c1-3-9-28-18-7-5-15(21(22,23)24)14-17(18)25-16(20(28)30)6-8-19(29)27-12-10-26(4-2)11-13-27/h3,5,7,14H,1,4,6,8-13H2,2H3. The Kier molecular flexibility index (Phi) is 6.60. The van der Waals surface area contributed by atoms with E-state index in [-0.39, 0.29) is 36.5 Å². The number of hydrogen-bond donors (Lipinski definition) is 0. The van der Waals surface area contributed by atoms with Crippen molar-refractivity contribution in [3.8, 4) is 0 Å². The van der Waals surface area contributed by atoms with Gasteiger partial charge in [0.25, 0.3) is 5.56 Å². The molecular weight excluding hydrogens is 397 g/mol. The summed E-state index contributed by atoms with van der Waals surface area (Å²) < 4.78 is 40.6. The molecule has 30 heavy (non-hydrogen) atoms. The van der Waals surface area contributed by atoms with Gasteiger partial charge < -0.3 is 14.4 Å². The minimum atomic E-state index is -4.51. The summed E-state index contributed by atoms with van der Waals surface area (Å²) in [5.41, 5.74) is -0.777. The lowest BCUT2D eigenvalue weighted by Crippen LogP contribution is -2.48. The third-order valence-electron chi connectivity index (χ3n) is 5.40. The molecule has 1 aliphatic heterocycles. The van der Waals surface area contributed by atoms with Gasteiger partial charge in [0.2, 0.25) is 5.91 Å². The number of aryl methyl sites for hydroxylation is 1. The second kappa shape index (κ2) is 8.99. The van der Waals surface area contributed by atoms with E-state index in [1.54, 1.807) is 4.90 Å². The first-order valence-corrected chi connectivity index (χ1v) is 9.96. The molecule has 1 aromatic heterocycles. The minimum absolute atomic E-state index is 0.0743. The number of fused-ring (bicyclic) bond motifs is 1. The van der Waals surface area contributed by atoms with Crippen molar-refractivity contribution in [3.05, 3.63) is 52.5 Å². The Labute approximate surface area is 172 Å². The van der Waals surface area contributed by atoms with Gasteiger partial charge in [-0.2, -0.15) is 13.2 Å². The number of hydrogen-bond acceptors (Lipinski definition) is 4. The summed E-state index contributed by atoms with van der Waals surface area (Å²) in [6.07, 6.45) is -2.84. The molecule has 0 unspecified atom stereocenters. The number of carbonyl (C=O) groups is 1. The molecule has 0 radical (unpaired) electrons. The van der Waals surface area contributed by atoms with Crippen LogP contribution in [0.1, 0.15) is 24.6 Å². The average Bonchev–Trinajstić information content (AvgIpc) is 2.73. The van der Waals surface area contributed by atoms with Gasteiger partial charge in [-0.15, -0.1) is 6.58 Å². The van der Waals surface area contributed by atoms with E-state index in [4.69, 9.17) is 0 Å². The lowest BCUT2D eigenvalue weighted by Gasteiger charge is -2.34. The van der Waals surface area contributed by atoms with Gasteiger partial charge in [-0.3, -0.25) is 9.59 Å². The predicted molar refractivity (Wildman–Crippen MR) is 108 cm³/mol. The lowest BCUT2D eigenvalue weighted by atomic mass is 10.1. The number of halogens is 3. The van der Waals surface area contributed by atoms with Crippen molar-refractivity contribution in [1.29, 1.82) is 0 Å². The highest BCUT2D eigenvalue weighted by molar-refractivity contribution is 5.77. The van der Waals surface area contributed by atoms with Crippen LogP contribution in [0, 0.1) is 0 Å². The number of amides is 1. The highest BCUT2D eigenvalue weighted by Gasteiger charge is 2.31. The fourth-order valence-electron chi connectivity index (χ4n) is 3.65. The van der Waals surface area contributed by atoms with Crippen LogP contribution in [0.25, 0.3) is 11.0 Å². The molecule has 0 aliphatic carbocycles. The normalized spacial score (nSPS) is 15.5. The molecule has 1 saturated heterocycles. The Morgan fingerprint density at radius 1 is 1.23 bits per heavy atom. The van der Waals surface area contributed by atoms with Gasteiger partial charge in [-0.05, 0) is 24.7 Å². The van der Waals surface area contributed by atoms with Crippen molar-refractivity contribution < 1.29 is 18.0 Å². The summed E-state index contributed by atoms with van der Waals surface area (Å²) in [5.74, 6) is -0.0774. The Hall–Kier alpha value is -2.68. The number of likely N-dealkylation sites (N-methyl/N-ethyl adjacent to an activating group) is 1. The maximum Gasteiger partial charge on any atom is 0.416 e. The number of alkyl halides is 3. The van der Waals surface area contributed by atoms with Crippen molar-refractivity contribution in [2.75, 3.05) is 32.7 Å². The first kappa shape index (κ1) is 22.0. The molecule has 1 amide bonds. The average molecular weight is 422 g/mol. The number of nitrogens with zero attached hydrogens (tertiary/aromatic N) is 4. The number of rotatable bonds is 6. The van der Waals surface area contributed by atoms with Gasteiger partial charge in [-0.25, -0.2) is 4.98 Å². The topological polar surface area (TPSA) is 58.4 Å². The van der Waals surface area contributed by atoms with E-state index in [0.717, 1.165) is 31.8 Å². The molecule has 6 nitrogen and oxygen atoms in total. The summed E-state index contributed by atoms with van der Waals surface area (Å²) in [5, 5.41) is 0. The fourth-order valence-corrected chi connectivity index (χ4v) is 3.65. The van der Waals surface area contributed by atoms with E-state index >= 15 is 0 Å². The molecule has 1 fully saturated rings. The molecule has 162 valence electrons. The van der Waals surface area contributed by atoms with E-state index < -0.39 is 17.3 Å². The first-order valence-electron chi connectivity index (χ1n) is 9.96. The number of carbonyl (C=O) groups excluding carboxylic acids is 1. The summed E-state index contributed by atoms with van der Waals surface area (Å²) in [7, 11) is 0. The molecule has 0 saturated carbocycles. The van der Waals surface area contributed by atoms with E-state index in [9.17, 15) is 22.8 Å². The number of benzene rings is 1. The third-order valence-corrected chi connectivity index (χ3v) is 5.40. The van der Waals surface area contributed by atoms with Crippen LogP contribution in [-0.4, -0.2) is 58.0 Å². The van der Waals surface area contributed by atoms with Gasteiger partial charge in [-0.1, -0.05) is 13.0 Å². The molecular formula is C21H25F3N4O2. The Morgan fingerprint density at radius 2 is 1.93 bits per heavy atom. The highest BCUT2D eigenvalue weighted by atomic mass is 19.4. The summed E-state index contributed by atoms with van der Waals surface area (Å²) in [6.45, 7) is 9.64. The highest BCUT2D eigenvalue weighted by Crippen LogP contribution is 2.30. The van der Waals surface area contributed by atoms with E-state index in [1.807, 2.05) is 0 Å². The van der Waals surface area contributed by atoms with Crippen molar-refractivity contribution in [2.45, 2.75) is 32.5 Å². The summed E-state index contributed by atoms with van der Waals surface area (Å²) >= 11 is 0. The van der Waals surface area contributed by atoms with E-state index in [2.05, 4.69) is 23.4 Å². The van der Waals surface area contributed by atoms with Crippen LogP contribution in [-0.2, 0) is 23.9 Å². The number of piperazine rings is 1. The number of allylic oxidation sites excluding steroid dienone is 1. The maximum atomic E-state index is 13.1. The van der Waals surface area contributed by atoms with Crippen LogP contribution < -0.4 is 5.56 Å². The summed E-state index contributed by atoms with van der Waals surface area (Å²) in [6, 6.07) is 3.12. The fraction of sp³-hybridized carbons (Fsp3) is 0.476. The van der Waals surface area contributed by atoms with Crippen LogP contribution in [0.4, 0.5) is 13.2 Å². The maximum absolute atomic E-state index is 13.1. The number of aromatic nitrogens is 2. The van der Waals surface area contributed by atoms with E-state index in [1.165, 1.54) is 16.7 Å². The van der Waals surface area contributed by atoms with Gasteiger partial charge in [0, 0.05) is 45.6 Å². The predicted octanol–water partition coefficient (Wildman–Crippen LogP) is 2.70. The van der Waals surface area contributed by atoms with Crippen LogP contribution in [0.15, 0.2) is 35.6 Å². The third kappa shape index (κ3) is 4.72. The Balaban J connectivity index is 1.85. The minimum Gasteiger partial charge on any atom is -0.340 e. The van der Waals surface area contributed by atoms with E-state index in [0.29, 0.717) is 18.6 Å². The van der Waals surface area contributed by atoms with Crippen LogP contribution in [0.5, 0.6) is 0 Å². The molecule has 0 N–H and O–H groups in total. The largest absolute Gasteiger partial charge is 0.416 e. The molecule has 1 aliphatic rings. The quantitative estimate of drug-likeness (QED) is 0.672. The van der Waals surface area contributed by atoms with Crippen molar-refractivity contribution in [1.82, 2.24) is 19.4 Å². The molecule has 0 bridgehead atoms. The molecule has 0 spiro atoms. The Bertz CT molecular complexity index is 992. The summed E-state index contributed by atoms with van der Waals surface area (Å²) in [4.78, 5) is 33.6. The lowest BCUT2D eigenvalue weighted by molar-refractivity contribution is -0.137. The zero-order chi connectivity index (χ0) is 21.9. The SMILES string of the molecule is C=CCn1c(=O)c(CCC(=O)N2CCN(CC)CC2)nc2cc(C(F)(F)F)ccc21. The van der Waals surface area contributed by atoms with Crippen molar-refractivity contribution in [3.63, 3.8) is 0 Å². The zero-order valence-electron chi connectivity index (χ0n) is 16.9. The van der Waals surface area contributed by atoms with Gasteiger partial charge in [0.05, 0.1) is 16.6 Å². The molecule has 1 aromatic carbocycles. The van der Waals surface area contributed by atoms with Gasteiger partial charge >= 0.3 is 6.18 Å². The first-order chi connectivity index (χ1) is 14.2.